The minimum Gasteiger partial charge on any atom is -0.397 e. The van der Waals surface area contributed by atoms with Gasteiger partial charge < -0.3 is 15.6 Å². The van der Waals surface area contributed by atoms with Crippen LogP contribution < -0.4 is 11.1 Å². The van der Waals surface area contributed by atoms with Gasteiger partial charge in [0.15, 0.2) is 8.03 Å². The van der Waals surface area contributed by atoms with Crippen LogP contribution in [0.4, 0.5) is 11.4 Å². The summed E-state index contributed by atoms with van der Waals surface area (Å²) in [6.07, 6.45) is -0.281. The lowest BCUT2D eigenvalue weighted by Gasteiger charge is -2.13. The molecule has 0 saturated heterocycles. The van der Waals surface area contributed by atoms with Gasteiger partial charge in [-0.05, 0) is 53.8 Å². The third kappa shape index (κ3) is 4.86. The number of anilines is 2. The molecule has 7 heteroatoms. The molecule has 0 saturated carbocycles. The van der Waals surface area contributed by atoms with E-state index in [-0.39, 0.29) is 12.0 Å². The zero-order valence-electron chi connectivity index (χ0n) is 15.1. The maximum Gasteiger partial charge on any atom is 0.255 e. The van der Waals surface area contributed by atoms with Crippen LogP contribution in [0.2, 0.25) is 0 Å². The highest BCUT2D eigenvalue weighted by atomic mass is 32.1. The van der Waals surface area contributed by atoms with Gasteiger partial charge in [0, 0.05) is 17.1 Å². The first kappa shape index (κ1) is 19.4. The molecule has 2 atom stereocenters. The van der Waals surface area contributed by atoms with Crippen molar-refractivity contribution < 1.29 is 13.9 Å². The van der Waals surface area contributed by atoms with Gasteiger partial charge in [-0.2, -0.15) is 0 Å². The number of carbonyl (C=O) groups excluding carboxylic acids is 1. The zero-order chi connectivity index (χ0) is 19.4. The molecular weight excluding hydrogens is 379 g/mol. The molecule has 1 aromatic heterocycles. The van der Waals surface area contributed by atoms with E-state index in [9.17, 15) is 9.36 Å². The highest BCUT2D eigenvalue weighted by Gasteiger charge is 2.12. The van der Waals surface area contributed by atoms with Gasteiger partial charge in [0.25, 0.3) is 5.91 Å². The second-order valence-corrected chi connectivity index (χ2v) is 8.27. The minimum atomic E-state index is -2.02. The molecule has 140 valence electrons. The summed E-state index contributed by atoms with van der Waals surface area (Å²) in [4.78, 5) is 13.7. The summed E-state index contributed by atoms with van der Waals surface area (Å²) in [6.45, 7) is 3.38. The lowest BCUT2D eigenvalue weighted by molar-refractivity contribution is 0.102. The van der Waals surface area contributed by atoms with E-state index in [2.05, 4.69) is 5.32 Å². The Morgan fingerprint density at radius 1 is 1.19 bits per heavy atom. The summed E-state index contributed by atoms with van der Waals surface area (Å²) in [5.41, 5.74) is 9.50. The van der Waals surface area contributed by atoms with Crippen LogP contribution in [0.3, 0.4) is 0 Å². The maximum absolute atomic E-state index is 12.6. The normalized spacial score (nSPS) is 13.1. The maximum atomic E-state index is 12.6. The Balaban J connectivity index is 1.75. The molecule has 0 aliphatic carbocycles. The van der Waals surface area contributed by atoms with Crippen LogP contribution in [0.5, 0.6) is 0 Å². The monoisotopic (exact) mass is 400 g/mol. The van der Waals surface area contributed by atoms with Crippen molar-refractivity contribution in [2.24, 2.45) is 0 Å². The number of nitrogen functional groups attached to an aromatic ring is 1. The van der Waals surface area contributed by atoms with E-state index in [1.54, 1.807) is 48.3 Å². The molecule has 3 aromatic rings. The molecule has 27 heavy (non-hydrogen) atoms. The van der Waals surface area contributed by atoms with Gasteiger partial charge in [0.2, 0.25) is 0 Å². The SMILES string of the molecule is C[C@H](O[PH](C)=O)c1ccc(C(=O)Nc2cc(-c3cccs3)ccc2N)cc1. The Hall–Kier alpha value is -2.40. The molecule has 3 N–H and O–H groups in total. The van der Waals surface area contributed by atoms with Crippen LogP contribution in [-0.4, -0.2) is 12.6 Å². The van der Waals surface area contributed by atoms with Crippen molar-refractivity contribution in [3.63, 3.8) is 0 Å². The summed E-state index contributed by atoms with van der Waals surface area (Å²) in [5.74, 6) is -0.241. The Labute approximate surface area is 163 Å². The summed E-state index contributed by atoms with van der Waals surface area (Å²) in [7, 11) is -2.02. The largest absolute Gasteiger partial charge is 0.397 e. The van der Waals surface area contributed by atoms with Crippen LogP contribution in [0, 0.1) is 0 Å². The average molecular weight is 400 g/mol. The molecule has 0 radical (unpaired) electrons. The number of thiophene rings is 1. The van der Waals surface area contributed by atoms with Crippen molar-refractivity contribution in [3.8, 4) is 10.4 Å². The van der Waals surface area contributed by atoms with Gasteiger partial charge in [-0.25, -0.2) is 0 Å². The van der Waals surface area contributed by atoms with Gasteiger partial charge in [-0.3, -0.25) is 9.36 Å². The summed E-state index contributed by atoms with van der Waals surface area (Å²) < 4.78 is 16.6. The third-order valence-corrected chi connectivity index (χ3v) is 5.70. The molecule has 0 spiro atoms. The number of amides is 1. The molecule has 0 bridgehead atoms. The fraction of sp³-hybridized carbons (Fsp3) is 0.150. The summed E-state index contributed by atoms with van der Waals surface area (Å²) in [5, 5.41) is 4.88. The number of hydrogen-bond acceptors (Lipinski definition) is 5. The molecular formula is C20H21N2O3PS. The van der Waals surface area contributed by atoms with Crippen molar-refractivity contribution in [2.75, 3.05) is 17.7 Å². The molecule has 0 fully saturated rings. The molecule has 5 nitrogen and oxygen atoms in total. The molecule has 3 rings (SSSR count). The Morgan fingerprint density at radius 3 is 2.56 bits per heavy atom. The fourth-order valence-corrected chi connectivity index (χ4v) is 4.04. The summed E-state index contributed by atoms with van der Waals surface area (Å²) >= 11 is 1.63. The molecule has 0 aliphatic rings. The first-order valence-corrected chi connectivity index (χ1v) is 11.2. The van der Waals surface area contributed by atoms with E-state index in [0.29, 0.717) is 16.9 Å². The fourth-order valence-electron chi connectivity index (χ4n) is 2.68. The van der Waals surface area contributed by atoms with Crippen molar-refractivity contribution in [3.05, 3.63) is 71.1 Å². The van der Waals surface area contributed by atoms with E-state index in [4.69, 9.17) is 10.3 Å². The van der Waals surface area contributed by atoms with Gasteiger partial charge in [-0.1, -0.05) is 24.3 Å². The second kappa shape index (κ2) is 8.53. The van der Waals surface area contributed by atoms with Crippen molar-refractivity contribution in [1.29, 1.82) is 0 Å². The third-order valence-electron chi connectivity index (χ3n) is 4.09. The number of benzene rings is 2. The number of carbonyl (C=O) groups is 1. The van der Waals surface area contributed by atoms with Gasteiger partial charge in [-0.15, -0.1) is 11.3 Å². The zero-order valence-corrected chi connectivity index (χ0v) is 16.9. The molecule has 1 unspecified atom stereocenters. The van der Waals surface area contributed by atoms with E-state index in [1.165, 1.54) is 0 Å². The van der Waals surface area contributed by atoms with Crippen molar-refractivity contribution in [2.45, 2.75) is 13.0 Å². The van der Waals surface area contributed by atoms with Gasteiger partial charge >= 0.3 is 0 Å². The van der Waals surface area contributed by atoms with Crippen LogP contribution in [0.1, 0.15) is 28.9 Å². The number of rotatable bonds is 6. The first-order valence-electron chi connectivity index (χ1n) is 8.46. The topological polar surface area (TPSA) is 81.4 Å². The van der Waals surface area contributed by atoms with E-state index >= 15 is 0 Å². The predicted molar refractivity (Wildman–Crippen MR) is 113 cm³/mol. The predicted octanol–water partition coefficient (Wildman–Crippen LogP) is 5.43. The number of hydrogen-bond donors (Lipinski definition) is 2. The number of nitrogens with two attached hydrogens (primary N) is 1. The van der Waals surface area contributed by atoms with Crippen LogP contribution >= 0.6 is 19.4 Å². The molecule has 0 aliphatic heterocycles. The molecule has 1 amide bonds. The Morgan fingerprint density at radius 2 is 1.93 bits per heavy atom. The lowest BCUT2D eigenvalue weighted by Crippen LogP contribution is -2.13. The highest BCUT2D eigenvalue weighted by molar-refractivity contribution is 7.38. The second-order valence-electron chi connectivity index (χ2n) is 6.11. The lowest BCUT2D eigenvalue weighted by atomic mass is 10.1. The van der Waals surface area contributed by atoms with Gasteiger partial charge in [0.05, 0.1) is 17.5 Å². The van der Waals surface area contributed by atoms with Crippen molar-refractivity contribution >= 4 is 36.6 Å². The highest BCUT2D eigenvalue weighted by Crippen LogP contribution is 2.31. The summed E-state index contributed by atoms with van der Waals surface area (Å²) in [6, 6.07) is 16.7. The van der Waals surface area contributed by atoms with E-state index < -0.39 is 8.03 Å². The quantitative estimate of drug-likeness (QED) is 0.427. The van der Waals surface area contributed by atoms with Crippen LogP contribution in [0.25, 0.3) is 10.4 Å². The Kier molecular flexibility index (Phi) is 6.11. The smallest absolute Gasteiger partial charge is 0.255 e. The van der Waals surface area contributed by atoms with Gasteiger partial charge in [0.1, 0.15) is 0 Å². The molecule has 2 aromatic carbocycles. The Bertz CT molecular complexity index is 956. The van der Waals surface area contributed by atoms with Crippen LogP contribution in [0.15, 0.2) is 60.0 Å². The van der Waals surface area contributed by atoms with E-state index in [0.717, 1.165) is 16.0 Å². The first-order chi connectivity index (χ1) is 12.9. The average Bonchev–Trinajstić information content (AvgIpc) is 3.18. The minimum absolute atomic E-state index is 0.241. The number of nitrogens with one attached hydrogen (secondary N) is 1. The van der Waals surface area contributed by atoms with Crippen LogP contribution in [-0.2, 0) is 9.09 Å². The standard InChI is InChI=1S/C20H21N2O3PS/c1-13(25-26(2)24)14-5-7-15(8-6-14)20(23)22-18-12-16(9-10-17(18)21)19-4-3-11-27-19/h3-13,26H,21H2,1-2H3,(H,22,23)/t13-/m0/s1. The van der Waals surface area contributed by atoms with E-state index in [1.807, 2.05) is 36.6 Å². The molecule has 1 heterocycles. The van der Waals surface area contributed by atoms with Crippen molar-refractivity contribution in [1.82, 2.24) is 0 Å².